The SMILES string of the molecule is CCOC(=O)N1CCC(NC(=NCc2c(C)nn(C)c2C)NCCc2ccco2)CC1. The lowest BCUT2D eigenvalue weighted by atomic mass is 10.1. The van der Waals surface area contributed by atoms with Crippen molar-refractivity contribution < 1.29 is 13.9 Å². The van der Waals surface area contributed by atoms with Gasteiger partial charge < -0.3 is 24.7 Å². The van der Waals surface area contributed by atoms with Crippen molar-refractivity contribution >= 4 is 12.1 Å². The van der Waals surface area contributed by atoms with E-state index in [-0.39, 0.29) is 12.1 Å². The van der Waals surface area contributed by atoms with Gasteiger partial charge in [0.2, 0.25) is 0 Å². The number of carbonyl (C=O) groups excluding carboxylic acids is 1. The van der Waals surface area contributed by atoms with Crippen LogP contribution < -0.4 is 10.6 Å². The number of piperidine rings is 1. The van der Waals surface area contributed by atoms with E-state index in [1.54, 1.807) is 11.2 Å². The lowest BCUT2D eigenvalue weighted by Crippen LogP contribution is -2.50. The Morgan fingerprint density at radius 3 is 2.74 bits per heavy atom. The van der Waals surface area contributed by atoms with Crippen LogP contribution in [0.5, 0.6) is 0 Å². The van der Waals surface area contributed by atoms with Gasteiger partial charge in [-0.1, -0.05) is 0 Å². The lowest BCUT2D eigenvalue weighted by molar-refractivity contribution is 0.0963. The van der Waals surface area contributed by atoms with Crippen LogP contribution in [0.1, 0.15) is 42.5 Å². The van der Waals surface area contributed by atoms with Gasteiger partial charge in [-0.15, -0.1) is 0 Å². The van der Waals surface area contributed by atoms with Crippen molar-refractivity contribution in [3.63, 3.8) is 0 Å². The maximum absolute atomic E-state index is 11.9. The highest BCUT2D eigenvalue weighted by atomic mass is 16.6. The second-order valence-electron chi connectivity index (χ2n) is 7.80. The summed E-state index contributed by atoms with van der Waals surface area (Å²) in [5, 5.41) is 11.5. The van der Waals surface area contributed by atoms with Gasteiger partial charge in [-0.3, -0.25) is 4.68 Å². The molecule has 0 unspecified atom stereocenters. The molecule has 1 aliphatic heterocycles. The fraction of sp³-hybridized carbons (Fsp3) is 0.591. The molecule has 0 aromatic carbocycles. The number of aryl methyl sites for hydroxylation is 2. The predicted molar refractivity (Wildman–Crippen MR) is 119 cm³/mol. The third kappa shape index (κ3) is 6.26. The Balaban J connectivity index is 1.60. The van der Waals surface area contributed by atoms with Crippen LogP contribution in [-0.4, -0.2) is 59.0 Å². The van der Waals surface area contributed by atoms with Crippen molar-refractivity contribution in [2.45, 2.75) is 52.6 Å². The zero-order valence-electron chi connectivity index (χ0n) is 19.0. The molecule has 31 heavy (non-hydrogen) atoms. The molecule has 0 spiro atoms. The Morgan fingerprint density at radius 2 is 2.13 bits per heavy atom. The average molecular weight is 431 g/mol. The van der Waals surface area contributed by atoms with Gasteiger partial charge in [-0.25, -0.2) is 9.79 Å². The number of amides is 1. The quantitative estimate of drug-likeness (QED) is 0.518. The number of likely N-dealkylation sites (tertiary alicyclic amines) is 1. The van der Waals surface area contributed by atoms with E-state index in [4.69, 9.17) is 14.1 Å². The first-order valence-electron chi connectivity index (χ1n) is 11.0. The van der Waals surface area contributed by atoms with E-state index in [1.807, 2.05) is 37.7 Å². The number of hydrogen-bond acceptors (Lipinski definition) is 5. The van der Waals surface area contributed by atoms with E-state index >= 15 is 0 Å². The summed E-state index contributed by atoms with van der Waals surface area (Å²) in [6, 6.07) is 4.12. The van der Waals surface area contributed by atoms with Gasteiger partial charge in [0.15, 0.2) is 5.96 Å². The van der Waals surface area contributed by atoms with Crippen molar-refractivity contribution in [1.82, 2.24) is 25.3 Å². The molecule has 1 amide bonds. The molecule has 1 aliphatic rings. The van der Waals surface area contributed by atoms with Gasteiger partial charge in [0.1, 0.15) is 5.76 Å². The maximum atomic E-state index is 11.9. The molecule has 170 valence electrons. The zero-order chi connectivity index (χ0) is 22.2. The first-order valence-corrected chi connectivity index (χ1v) is 11.0. The summed E-state index contributed by atoms with van der Waals surface area (Å²) in [5.74, 6) is 1.71. The highest BCUT2D eigenvalue weighted by Crippen LogP contribution is 2.14. The normalized spacial score (nSPS) is 15.2. The number of guanidine groups is 1. The fourth-order valence-corrected chi connectivity index (χ4v) is 3.73. The highest BCUT2D eigenvalue weighted by molar-refractivity contribution is 5.80. The van der Waals surface area contributed by atoms with Gasteiger partial charge in [-0.05, 0) is 45.7 Å². The molecule has 0 atom stereocenters. The standard InChI is InChI=1S/C22H34N6O3/c1-5-30-22(29)28-12-9-18(10-13-28)25-21(23-11-8-19-7-6-14-31-19)24-15-20-16(2)26-27(4)17(20)3/h6-7,14,18H,5,8-13,15H2,1-4H3,(H2,23,24,25). The van der Waals surface area contributed by atoms with Crippen LogP contribution in [0.2, 0.25) is 0 Å². The highest BCUT2D eigenvalue weighted by Gasteiger charge is 2.24. The molecule has 9 heteroatoms. The molecule has 0 saturated carbocycles. The summed E-state index contributed by atoms with van der Waals surface area (Å²) in [4.78, 5) is 18.5. The predicted octanol–water partition coefficient (Wildman–Crippen LogP) is 2.53. The van der Waals surface area contributed by atoms with Crippen LogP contribution in [0.25, 0.3) is 0 Å². The third-order valence-electron chi connectivity index (χ3n) is 5.66. The van der Waals surface area contributed by atoms with Crippen LogP contribution in [-0.2, 0) is 24.8 Å². The van der Waals surface area contributed by atoms with E-state index in [0.29, 0.717) is 32.8 Å². The first-order chi connectivity index (χ1) is 15.0. The third-order valence-corrected chi connectivity index (χ3v) is 5.66. The number of aliphatic imine (C=N–C) groups is 1. The molecule has 9 nitrogen and oxygen atoms in total. The molecule has 0 radical (unpaired) electrons. The minimum absolute atomic E-state index is 0.228. The van der Waals surface area contributed by atoms with Crippen molar-refractivity contribution in [1.29, 1.82) is 0 Å². The molecule has 1 fully saturated rings. The molecule has 1 saturated heterocycles. The van der Waals surface area contributed by atoms with E-state index in [9.17, 15) is 4.79 Å². The van der Waals surface area contributed by atoms with Crippen molar-refractivity contribution in [2.75, 3.05) is 26.2 Å². The Labute approximate surface area is 183 Å². The monoisotopic (exact) mass is 430 g/mol. The summed E-state index contributed by atoms with van der Waals surface area (Å²) >= 11 is 0. The smallest absolute Gasteiger partial charge is 0.409 e. The van der Waals surface area contributed by atoms with Gasteiger partial charge >= 0.3 is 6.09 Å². The van der Waals surface area contributed by atoms with Gasteiger partial charge in [0, 0.05) is 50.4 Å². The van der Waals surface area contributed by atoms with Crippen LogP contribution in [0, 0.1) is 13.8 Å². The molecular formula is C22H34N6O3. The number of rotatable bonds is 7. The van der Waals surface area contributed by atoms with E-state index in [1.165, 1.54) is 0 Å². The molecule has 3 heterocycles. The van der Waals surface area contributed by atoms with Crippen LogP contribution in [0.4, 0.5) is 4.79 Å². The number of nitrogens with zero attached hydrogens (tertiary/aromatic N) is 4. The van der Waals surface area contributed by atoms with Crippen molar-refractivity contribution in [3.05, 3.63) is 41.1 Å². The summed E-state index contributed by atoms with van der Waals surface area (Å²) in [6.45, 7) is 8.94. The van der Waals surface area contributed by atoms with E-state index < -0.39 is 0 Å². The molecule has 2 aromatic heterocycles. The van der Waals surface area contributed by atoms with Gasteiger partial charge in [-0.2, -0.15) is 5.10 Å². The van der Waals surface area contributed by atoms with Gasteiger partial charge in [0.25, 0.3) is 0 Å². The molecule has 0 aliphatic carbocycles. The molecule has 2 N–H and O–H groups in total. The summed E-state index contributed by atoms with van der Waals surface area (Å²) in [6.07, 6.45) is 3.94. The van der Waals surface area contributed by atoms with Gasteiger partial charge in [0.05, 0.1) is 25.1 Å². The minimum Gasteiger partial charge on any atom is -0.469 e. The van der Waals surface area contributed by atoms with Crippen molar-refractivity contribution in [3.8, 4) is 0 Å². The summed E-state index contributed by atoms with van der Waals surface area (Å²) in [5.41, 5.74) is 3.27. The Hall–Kier alpha value is -2.97. The first kappa shape index (κ1) is 22.7. The van der Waals surface area contributed by atoms with Crippen LogP contribution in [0.3, 0.4) is 0 Å². The number of carbonyl (C=O) groups is 1. The van der Waals surface area contributed by atoms with E-state index in [0.717, 1.165) is 47.9 Å². The fourth-order valence-electron chi connectivity index (χ4n) is 3.73. The largest absolute Gasteiger partial charge is 0.469 e. The maximum Gasteiger partial charge on any atom is 0.409 e. The van der Waals surface area contributed by atoms with Crippen LogP contribution in [0.15, 0.2) is 27.8 Å². The Morgan fingerprint density at radius 1 is 1.35 bits per heavy atom. The Bertz CT molecular complexity index is 866. The number of furan rings is 1. The molecule has 3 rings (SSSR count). The Kier molecular flexibility index (Phi) is 7.97. The molecule has 0 bridgehead atoms. The summed E-state index contributed by atoms with van der Waals surface area (Å²) in [7, 11) is 1.95. The number of nitrogens with one attached hydrogen (secondary N) is 2. The molecular weight excluding hydrogens is 396 g/mol. The molecule has 2 aromatic rings. The summed E-state index contributed by atoms with van der Waals surface area (Å²) < 4.78 is 12.4. The number of hydrogen-bond donors (Lipinski definition) is 2. The average Bonchev–Trinajstić information content (AvgIpc) is 3.35. The van der Waals surface area contributed by atoms with Crippen LogP contribution >= 0.6 is 0 Å². The second-order valence-corrected chi connectivity index (χ2v) is 7.80. The topological polar surface area (TPSA) is 96.9 Å². The zero-order valence-corrected chi connectivity index (χ0v) is 19.0. The second kappa shape index (κ2) is 10.9. The number of ether oxygens (including phenoxy) is 1. The minimum atomic E-state index is -0.228. The lowest BCUT2D eigenvalue weighted by Gasteiger charge is -2.32. The van der Waals surface area contributed by atoms with Crippen molar-refractivity contribution in [2.24, 2.45) is 12.0 Å². The number of aromatic nitrogens is 2. The van der Waals surface area contributed by atoms with E-state index in [2.05, 4.69) is 22.7 Å².